The fourth-order valence-electron chi connectivity index (χ4n) is 4.32. The lowest BCUT2D eigenvalue weighted by molar-refractivity contribution is 0.0515. The number of ether oxygens (including phenoxy) is 1. The van der Waals surface area contributed by atoms with Gasteiger partial charge in [0.2, 0.25) is 0 Å². The van der Waals surface area contributed by atoms with Gasteiger partial charge in [-0.3, -0.25) is 0 Å². The van der Waals surface area contributed by atoms with E-state index in [9.17, 15) is 13.2 Å². The standard InChI is InChI=1S/C32H36N4O4S2/c1-5-7-17-29-34-30(32(37)40-6-2)31(41-26-13-9-8-10-14-26)36(29)22-24-18-20-25(21-19-24)27-15-11-12-16-28(27)42(38,39)33-23-35(3)4/h8-16,18-21,23H,5-7,17,22H2,1-4H3/b33-23+. The van der Waals surface area contributed by atoms with E-state index in [2.05, 4.69) is 15.9 Å². The molecule has 0 bridgehead atoms. The Kier molecular flexibility index (Phi) is 10.6. The van der Waals surface area contributed by atoms with Crippen LogP contribution >= 0.6 is 11.8 Å². The molecule has 1 heterocycles. The molecule has 0 amide bonds. The zero-order valence-corrected chi connectivity index (χ0v) is 26.0. The lowest BCUT2D eigenvalue weighted by Gasteiger charge is -2.14. The van der Waals surface area contributed by atoms with Crippen molar-refractivity contribution in [2.24, 2.45) is 4.40 Å². The van der Waals surface area contributed by atoms with Crippen molar-refractivity contribution in [1.82, 2.24) is 14.5 Å². The number of aryl methyl sites for hydroxylation is 1. The van der Waals surface area contributed by atoms with Crippen molar-refractivity contribution in [1.29, 1.82) is 0 Å². The van der Waals surface area contributed by atoms with Crippen molar-refractivity contribution in [3.05, 3.63) is 95.9 Å². The zero-order chi connectivity index (χ0) is 30.1. The highest BCUT2D eigenvalue weighted by molar-refractivity contribution is 7.99. The third kappa shape index (κ3) is 7.68. The molecule has 0 spiro atoms. The van der Waals surface area contributed by atoms with Crippen molar-refractivity contribution in [2.75, 3.05) is 20.7 Å². The molecule has 0 N–H and O–H groups in total. The molecule has 0 saturated heterocycles. The second kappa shape index (κ2) is 14.3. The molecule has 220 valence electrons. The van der Waals surface area contributed by atoms with E-state index in [1.165, 1.54) is 18.1 Å². The minimum Gasteiger partial charge on any atom is -0.461 e. The van der Waals surface area contributed by atoms with E-state index < -0.39 is 16.0 Å². The summed E-state index contributed by atoms with van der Waals surface area (Å²) < 4.78 is 37.2. The number of carbonyl (C=O) groups excluding carboxylic acids is 1. The Morgan fingerprint density at radius 3 is 2.36 bits per heavy atom. The number of nitrogens with zero attached hydrogens (tertiary/aromatic N) is 4. The Morgan fingerprint density at radius 1 is 1.00 bits per heavy atom. The summed E-state index contributed by atoms with van der Waals surface area (Å²) in [5, 5.41) is 0.741. The van der Waals surface area contributed by atoms with Crippen LogP contribution in [0.2, 0.25) is 0 Å². The van der Waals surface area contributed by atoms with Crippen LogP contribution < -0.4 is 0 Å². The second-order valence-corrected chi connectivity index (χ2v) is 12.5. The molecule has 0 atom stereocenters. The van der Waals surface area contributed by atoms with Gasteiger partial charge in [-0.2, -0.15) is 8.42 Å². The summed E-state index contributed by atoms with van der Waals surface area (Å²) in [6.07, 6.45) is 3.95. The highest BCUT2D eigenvalue weighted by atomic mass is 32.2. The van der Waals surface area contributed by atoms with E-state index in [1.54, 1.807) is 44.1 Å². The fourth-order valence-corrected chi connectivity index (χ4v) is 6.49. The van der Waals surface area contributed by atoms with Crippen LogP contribution in [0, 0.1) is 0 Å². The van der Waals surface area contributed by atoms with Gasteiger partial charge in [0.1, 0.15) is 17.2 Å². The van der Waals surface area contributed by atoms with Crippen LogP contribution in [-0.2, 0) is 27.7 Å². The van der Waals surface area contributed by atoms with Crippen molar-refractivity contribution >= 4 is 34.1 Å². The molecule has 0 radical (unpaired) electrons. The first-order valence-electron chi connectivity index (χ1n) is 13.9. The topological polar surface area (TPSA) is 93.9 Å². The van der Waals surface area contributed by atoms with Crippen LogP contribution in [0.25, 0.3) is 11.1 Å². The number of hydrogen-bond acceptors (Lipinski definition) is 6. The lowest BCUT2D eigenvalue weighted by atomic mass is 10.0. The van der Waals surface area contributed by atoms with E-state index >= 15 is 0 Å². The fraction of sp³-hybridized carbons (Fsp3) is 0.281. The molecule has 0 aliphatic heterocycles. The second-order valence-electron chi connectivity index (χ2n) is 9.86. The number of unbranched alkanes of at least 4 members (excludes halogenated alkanes) is 1. The maximum Gasteiger partial charge on any atom is 0.359 e. The molecule has 4 aromatic rings. The monoisotopic (exact) mass is 604 g/mol. The van der Waals surface area contributed by atoms with Crippen LogP contribution in [0.4, 0.5) is 0 Å². The maximum absolute atomic E-state index is 13.0. The molecule has 0 fully saturated rings. The Morgan fingerprint density at radius 2 is 1.69 bits per heavy atom. The van der Waals surface area contributed by atoms with Gasteiger partial charge in [0.15, 0.2) is 5.69 Å². The van der Waals surface area contributed by atoms with E-state index in [4.69, 9.17) is 9.72 Å². The van der Waals surface area contributed by atoms with E-state index in [0.29, 0.717) is 17.8 Å². The molecule has 3 aromatic carbocycles. The van der Waals surface area contributed by atoms with Gasteiger partial charge in [-0.15, -0.1) is 4.40 Å². The van der Waals surface area contributed by atoms with Crippen LogP contribution in [0.1, 0.15) is 48.6 Å². The Balaban J connectivity index is 1.72. The third-order valence-electron chi connectivity index (χ3n) is 6.37. The van der Waals surface area contributed by atoms with Gasteiger partial charge in [0.05, 0.1) is 11.5 Å². The predicted octanol–water partition coefficient (Wildman–Crippen LogP) is 6.55. The average Bonchev–Trinajstić information content (AvgIpc) is 3.32. The summed E-state index contributed by atoms with van der Waals surface area (Å²) in [5.41, 5.74) is 2.66. The molecule has 0 saturated carbocycles. The molecule has 0 unspecified atom stereocenters. The van der Waals surface area contributed by atoms with E-state index in [1.807, 2.05) is 60.7 Å². The SMILES string of the molecule is CCCCc1nc(C(=O)OCC)c(Sc2ccccc2)n1Cc1ccc(-c2ccccc2S(=O)(=O)/N=C/N(C)C)cc1. The van der Waals surface area contributed by atoms with Crippen molar-refractivity contribution in [3.8, 4) is 11.1 Å². The van der Waals surface area contributed by atoms with Crippen LogP contribution in [0.5, 0.6) is 0 Å². The summed E-state index contributed by atoms with van der Waals surface area (Å²) in [6.45, 7) is 4.68. The number of sulfonamides is 1. The average molecular weight is 605 g/mol. The molecular formula is C32H36N4O4S2. The quantitative estimate of drug-likeness (QED) is 0.0971. The molecule has 8 nitrogen and oxygen atoms in total. The smallest absolute Gasteiger partial charge is 0.359 e. The summed E-state index contributed by atoms with van der Waals surface area (Å²) in [7, 11) is -0.445. The lowest BCUT2D eigenvalue weighted by Crippen LogP contribution is -2.10. The Hall–Kier alpha value is -3.89. The van der Waals surface area contributed by atoms with Crippen molar-refractivity contribution in [3.63, 3.8) is 0 Å². The number of carbonyl (C=O) groups is 1. The van der Waals surface area contributed by atoms with Gasteiger partial charge >= 0.3 is 5.97 Å². The molecule has 4 rings (SSSR count). The first-order chi connectivity index (χ1) is 20.2. The van der Waals surface area contributed by atoms with Gasteiger partial charge in [-0.25, -0.2) is 9.78 Å². The van der Waals surface area contributed by atoms with Gasteiger partial charge in [-0.1, -0.05) is 85.8 Å². The zero-order valence-electron chi connectivity index (χ0n) is 24.4. The Labute approximate surface area is 252 Å². The first-order valence-corrected chi connectivity index (χ1v) is 16.1. The molecule has 42 heavy (non-hydrogen) atoms. The van der Waals surface area contributed by atoms with Gasteiger partial charge in [0, 0.05) is 37.5 Å². The number of aromatic nitrogens is 2. The molecule has 0 aliphatic rings. The molecule has 0 aliphatic carbocycles. The number of rotatable bonds is 13. The highest BCUT2D eigenvalue weighted by Crippen LogP contribution is 2.34. The van der Waals surface area contributed by atoms with Crippen LogP contribution in [-0.4, -0.2) is 55.9 Å². The third-order valence-corrected chi connectivity index (χ3v) is 8.77. The number of imidazole rings is 1. The van der Waals surface area contributed by atoms with Crippen LogP contribution in [0.3, 0.4) is 0 Å². The van der Waals surface area contributed by atoms with E-state index in [0.717, 1.165) is 46.1 Å². The van der Waals surface area contributed by atoms with Crippen LogP contribution in [0.15, 0.2) is 98.1 Å². The largest absolute Gasteiger partial charge is 0.461 e. The normalized spacial score (nSPS) is 11.6. The molecule has 1 aromatic heterocycles. The molecular weight excluding hydrogens is 569 g/mol. The van der Waals surface area contributed by atoms with Crippen molar-refractivity contribution < 1.29 is 17.9 Å². The van der Waals surface area contributed by atoms with Gasteiger partial charge in [-0.05, 0) is 42.7 Å². The highest BCUT2D eigenvalue weighted by Gasteiger charge is 2.25. The summed E-state index contributed by atoms with van der Waals surface area (Å²) in [6, 6.07) is 24.5. The van der Waals surface area contributed by atoms with E-state index in [-0.39, 0.29) is 11.5 Å². The number of hydrogen-bond donors (Lipinski definition) is 0. The minimum absolute atomic E-state index is 0.146. The first kappa shape index (κ1) is 31.1. The van der Waals surface area contributed by atoms with Crippen molar-refractivity contribution in [2.45, 2.75) is 54.5 Å². The summed E-state index contributed by atoms with van der Waals surface area (Å²) in [5.74, 6) is 0.398. The van der Waals surface area contributed by atoms with Gasteiger partial charge < -0.3 is 14.2 Å². The maximum atomic E-state index is 13.0. The predicted molar refractivity (Wildman–Crippen MR) is 168 cm³/mol. The number of esters is 1. The molecule has 10 heteroatoms. The minimum atomic E-state index is -3.88. The van der Waals surface area contributed by atoms with Gasteiger partial charge in [0.25, 0.3) is 10.0 Å². The number of benzene rings is 3. The summed E-state index contributed by atoms with van der Waals surface area (Å²) in [4.78, 5) is 20.5. The summed E-state index contributed by atoms with van der Waals surface area (Å²) >= 11 is 1.50. The Bertz CT molecular complexity index is 1630.